The molecule has 1 fully saturated rings. The Kier molecular flexibility index (Phi) is 7.54. The molecule has 218 valence electrons. The van der Waals surface area contributed by atoms with Crippen molar-refractivity contribution in [2.45, 2.75) is 56.9 Å². The molecule has 0 saturated carbocycles. The maximum Gasteiger partial charge on any atom is 0.251 e. The number of carbonyl (C=O) groups excluding carboxylic acids is 1. The second-order valence-corrected chi connectivity index (χ2v) is 13.1. The van der Waals surface area contributed by atoms with Gasteiger partial charge in [-0.2, -0.15) is 0 Å². The topological polar surface area (TPSA) is 124 Å². The van der Waals surface area contributed by atoms with Crippen LogP contribution in [0.15, 0.2) is 65.7 Å². The van der Waals surface area contributed by atoms with E-state index in [0.29, 0.717) is 12.1 Å². The Hall–Kier alpha value is -4.09. The molecule has 0 spiro atoms. The van der Waals surface area contributed by atoms with Gasteiger partial charge in [-0.05, 0) is 75.7 Å². The maximum absolute atomic E-state index is 13.0. The van der Waals surface area contributed by atoms with Gasteiger partial charge in [-0.3, -0.25) is 9.78 Å². The number of pyridine rings is 3. The molecule has 6 rings (SSSR count). The minimum Gasteiger partial charge on any atom is -0.489 e. The highest BCUT2D eigenvalue weighted by molar-refractivity contribution is 7.91. The lowest BCUT2D eigenvalue weighted by molar-refractivity contribution is -0.00545. The number of carbonyl (C=O) groups is 1. The molecule has 0 aliphatic carbocycles. The van der Waals surface area contributed by atoms with Gasteiger partial charge in [0.15, 0.2) is 9.84 Å². The first-order valence-electron chi connectivity index (χ1n) is 14.1. The van der Waals surface area contributed by atoms with Crippen LogP contribution in [-0.2, 0) is 21.1 Å². The molecule has 2 aliphatic heterocycles. The molecule has 4 aromatic rings. The number of anilines is 1. The summed E-state index contributed by atoms with van der Waals surface area (Å²) in [7, 11) is -3.54. The summed E-state index contributed by atoms with van der Waals surface area (Å²) in [4.78, 5) is 29.5. The third-order valence-electron chi connectivity index (χ3n) is 7.46. The number of nitrogens with one attached hydrogen (secondary N) is 1. The highest BCUT2D eigenvalue weighted by Gasteiger charge is 2.27. The van der Waals surface area contributed by atoms with E-state index >= 15 is 0 Å². The fourth-order valence-electron chi connectivity index (χ4n) is 5.37. The number of hydrogen-bond donors (Lipinski definition) is 1. The molecule has 42 heavy (non-hydrogen) atoms. The number of amides is 1. The lowest BCUT2D eigenvalue weighted by Gasteiger charge is -2.36. The van der Waals surface area contributed by atoms with Crippen LogP contribution in [0, 0.1) is 0 Å². The summed E-state index contributed by atoms with van der Waals surface area (Å²) >= 11 is 0. The van der Waals surface area contributed by atoms with Gasteiger partial charge < -0.3 is 19.7 Å². The molecule has 1 saturated heterocycles. The number of sulfone groups is 1. The summed E-state index contributed by atoms with van der Waals surface area (Å²) in [6.45, 7) is 7.68. The largest absolute Gasteiger partial charge is 0.489 e. The summed E-state index contributed by atoms with van der Waals surface area (Å²) in [5.41, 5.74) is 3.10. The van der Waals surface area contributed by atoms with Gasteiger partial charge in [-0.15, -0.1) is 0 Å². The lowest BCUT2D eigenvalue weighted by Crippen LogP contribution is -2.45. The molecule has 0 unspecified atom stereocenters. The van der Waals surface area contributed by atoms with Gasteiger partial charge in [0.1, 0.15) is 16.5 Å². The number of benzene rings is 1. The first-order chi connectivity index (χ1) is 20.1. The van der Waals surface area contributed by atoms with Crippen molar-refractivity contribution in [3.8, 4) is 17.1 Å². The molecule has 0 bridgehead atoms. The molecule has 5 heterocycles. The zero-order chi connectivity index (χ0) is 29.4. The number of fused-ring (bicyclic) bond motifs is 2. The van der Waals surface area contributed by atoms with Crippen molar-refractivity contribution < 1.29 is 22.7 Å². The van der Waals surface area contributed by atoms with Gasteiger partial charge in [0.2, 0.25) is 0 Å². The van der Waals surface area contributed by atoms with E-state index in [2.05, 4.69) is 29.0 Å². The van der Waals surface area contributed by atoms with E-state index in [0.717, 1.165) is 41.2 Å². The number of aromatic nitrogens is 3. The molecule has 2 aliphatic rings. The van der Waals surface area contributed by atoms with Crippen LogP contribution in [0.2, 0.25) is 0 Å². The second-order valence-electron chi connectivity index (χ2n) is 11.0. The minimum atomic E-state index is -3.54. The summed E-state index contributed by atoms with van der Waals surface area (Å²) in [6, 6.07) is 16.2. The fraction of sp³-hybridized carbons (Fsp3) is 0.355. The Morgan fingerprint density at radius 2 is 1.76 bits per heavy atom. The summed E-state index contributed by atoms with van der Waals surface area (Å²) < 4.78 is 37.1. The monoisotopic (exact) mass is 587 g/mol. The van der Waals surface area contributed by atoms with E-state index < -0.39 is 15.7 Å². The third-order valence-corrected chi connectivity index (χ3v) is 9.23. The van der Waals surface area contributed by atoms with Crippen LogP contribution in [0.1, 0.15) is 43.2 Å². The number of ether oxygens (including phenoxy) is 2. The normalized spacial score (nSPS) is 21.7. The van der Waals surface area contributed by atoms with Crippen molar-refractivity contribution in [2.75, 3.05) is 23.7 Å². The Labute approximate surface area is 245 Å². The number of morpholine rings is 1. The Morgan fingerprint density at radius 1 is 0.976 bits per heavy atom. The van der Waals surface area contributed by atoms with Crippen molar-refractivity contribution in [1.82, 2.24) is 20.3 Å². The number of nitrogens with zero attached hydrogens (tertiary/aromatic N) is 4. The molecule has 1 amide bonds. The predicted molar refractivity (Wildman–Crippen MR) is 159 cm³/mol. The number of rotatable bonds is 5. The van der Waals surface area contributed by atoms with Crippen LogP contribution in [0.5, 0.6) is 5.75 Å². The Morgan fingerprint density at radius 3 is 2.57 bits per heavy atom. The standard InChI is InChI=1S/C31H33N5O5S/c1-19-11-12-42(38,39)29-13-22(8-10-28(29)41-19)31(37)33-16-24-14-27-23(15-32-24)7-9-26(34-27)25-5-4-6-30(35-25)36-17-20(2)40-21(3)18-36/h4-10,13-15,19-21H,11-12,16-18H2,1-3H3,(H,33,37)/t19-,20-,21+/m0/s1. The van der Waals surface area contributed by atoms with Crippen LogP contribution >= 0.6 is 0 Å². The zero-order valence-corrected chi connectivity index (χ0v) is 24.6. The smallest absolute Gasteiger partial charge is 0.251 e. The molecule has 3 aromatic heterocycles. The molecule has 3 atom stereocenters. The average molecular weight is 588 g/mol. The molecule has 0 radical (unpaired) electrons. The summed E-state index contributed by atoms with van der Waals surface area (Å²) in [5.74, 6) is 0.750. The van der Waals surface area contributed by atoms with E-state index in [1.165, 1.54) is 6.07 Å². The maximum atomic E-state index is 13.0. The highest BCUT2D eigenvalue weighted by Crippen LogP contribution is 2.31. The van der Waals surface area contributed by atoms with Crippen LogP contribution in [-0.4, -0.2) is 66.4 Å². The average Bonchev–Trinajstić information content (AvgIpc) is 3.09. The number of hydrogen-bond acceptors (Lipinski definition) is 9. The summed E-state index contributed by atoms with van der Waals surface area (Å²) in [6.07, 6.45) is 2.17. The van der Waals surface area contributed by atoms with Crippen molar-refractivity contribution in [2.24, 2.45) is 0 Å². The second kappa shape index (κ2) is 11.3. The molecular weight excluding hydrogens is 554 g/mol. The van der Waals surface area contributed by atoms with Crippen molar-refractivity contribution in [3.63, 3.8) is 0 Å². The minimum absolute atomic E-state index is 0.0202. The molecular formula is C31H33N5O5S. The van der Waals surface area contributed by atoms with E-state index in [-0.39, 0.29) is 46.8 Å². The van der Waals surface area contributed by atoms with Gasteiger partial charge >= 0.3 is 0 Å². The predicted octanol–water partition coefficient (Wildman–Crippen LogP) is 4.18. The SMILES string of the molecule is C[C@@H]1CN(c2cccc(-c3ccc4cnc(CNC(=O)c5ccc6c(c5)S(=O)(=O)CC[C@H](C)O6)cc4n3)n2)C[C@H](C)O1. The Bertz CT molecular complexity index is 1750. The fourth-order valence-corrected chi connectivity index (χ4v) is 6.97. The molecule has 1 N–H and O–H groups in total. The van der Waals surface area contributed by atoms with E-state index in [4.69, 9.17) is 19.4 Å². The molecule has 10 nitrogen and oxygen atoms in total. The first-order valence-corrected chi connectivity index (χ1v) is 15.7. The molecule has 11 heteroatoms. The third kappa shape index (κ3) is 5.93. The highest BCUT2D eigenvalue weighted by atomic mass is 32.2. The zero-order valence-electron chi connectivity index (χ0n) is 23.8. The lowest BCUT2D eigenvalue weighted by atomic mass is 10.1. The van der Waals surface area contributed by atoms with Crippen molar-refractivity contribution >= 4 is 32.5 Å². The summed E-state index contributed by atoms with van der Waals surface area (Å²) in [5, 5.41) is 3.71. The first kappa shape index (κ1) is 28.0. The van der Waals surface area contributed by atoms with Crippen LogP contribution in [0.25, 0.3) is 22.3 Å². The van der Waals surface area contributed by atoms with Gasteiger partial charge in [-0.1, -0.05) is 6.07 Å². The van der Waals surface area contributed by atoms with Crippen LogP contribution < -0.4 is 15.0 Å². The van der Waals surface area contributed by atoms with Gasteiger partial charge in [-0.25, -0.2) is 18.4 Å². The van der Waals surface area contributed by atoms with Crippen molar-refractivity contribution in [1.29, 1.82) is 0 Å². The van der Waals surface area contributed by atoms with Gasteiger partial charge in [0.05, 0.1) is 53.2 Å². The quantitative estimate of drug-likeness (QED) is 0.366. The Balaban J connectivity index is 1.19. The van der Waals surface area contributed by atoms with Gasteiger partial charge in [0.25, 0.3) is 5.91 Å². The van der Waals surface area contributed by atoms with E-state index in [9.17, 15) is 13.2 Å². The molecule has 1 aromatic carbocycles. The van der Waals surface area contributed by atoms with Crippen LogP contribution in [0.3, 0.4) is 0 Å². The van der Waals surface area contributed by atoms with Crippen molar-refractivity contribution in [3.05, 3.63) is 72.1 Å². The van der Waals surface area contributed by atoms with Crippen LogP contribution in [0.4, 0.5) is 5.82 Å². The van der Waals surface area contributed by atoms with Gasteiger partial charge in [0, 0.05) is 30.2 Å². The van der Waals surface area contributed by atoms with E-state index in [1.807, 2.05) is 43.3 Å². The van der Waals surface area contributed by atoms with E-state index in [1.54, 1.807) is 18.3 Å².